The van der Waals surface area contributed by atoms with Gasteiger partial charge in [-0.1, -0.05) is 24.3 Å². The Kier molecular flexibility index (Phi) is 3.34. The molecule has 0 spiro atoms. The lowest BCUT2D eigenvalue weighted by Gasteiger charge is -2.29. The Morgan fingerprint density at radius 2 is 1.70 bits per heavy atom. The highest BCUT2D eigenvalue weighted by molar-refractivity contribution is 6.19. The molecule has 106 valence electrons. The van der Waals surface area contributed by atoms with Crippen molar-refractivity contribution in [2.24, 2.45) is 0 Å². The van der Waals surface area contributed by atoms with Gasteiger partial charge in [0.1, 0.15) is 6.20 Å². The molecule has 1 aliphatic heterocycles. The predicted molar refractivity (Wildman–Crippen MR) is 70.4 cm³/mol. The minimum atomic E-state index is -4.55. The first-order valence-corrected chi connectivity index (χ1v) is 6.10. The first-order chi connectivity index (χ1) is 9.14. The summed E-state index contributed by atoms with van der Waals surface area (Å²) in [6, 6.07) is 6.61. The summed E-state index contributed by atoms with van der Waals surface area (Å²) >= 11 is 0. The summed E-state index contributed by atoms with van der Waals surface area (Å²) in [6.45, 7) is 1.70. The van der Waals surface area contributed by atoms with Crippen LogP contribution in [0.1, 0.15) is 11.1 Å². The number of hydrogen-bond donors (Lipinski definition) is 0. The van der Waals surface area contributed by atoms with Crippen LogP contribution in [-0.2, 0) is 4.79 Å². The lowest BCUT2D eigenvalue weighted by atomic mass is 9.92. The molecule has 0 radical (unpaired) electrons. The van der Waals surface area contributed by atoms with Gasteiger partial charge >= 0.3 is 12.1 Å². The van der Waals surface area contributed by atoms with Crippen molar-refractivity contribution in [1.29, 1.82) is 0 Å². The normalized spacial score (nSPS) is 18.6. The van der Waals surface area contributed by atoms with Crippen molar-refractivity contribution in [1.82, 2.24) is 0 Å². The van der Waals surface area contributed by atoms with Crippen LogP contribution < -0.4 is 0 Å². The molecule has 1 aromatic carbocycles. The molecule has 2 rings (SSSR count). The van der Waals surface area contributed by atoms with E-state index in [-0.39, 0.29) is 10.1 Å². The molecule has 1 amide bonds. The van der Waals surface area contributed by atoms with Gasteiger partial charge in [-0.2, -0.15) is 13.2 Å². The number of amides is 1. The summed E-state index contributed by atoms with van der Waals surface area (Å²) in [5.74, 6) is -0.561. The molecule has 1 aliphatic rings. The van der Waals surface area contributed by atoms with Gasteiger partial charge < -0.3 is 0 Å². The number of alkyl halides is 3. The van der Waals surface area contributed by atoms with Gasteiger partial charge in [-0.15, -0.1) is 0 Å². The molecule has 0 atom stereocenters. The maximum atomic E-state index is 13.2. The topological polar surface area (TPSA) is 17.1 Å². The van der Waals surface area contributed by atoms with Crippen LogP contribution in [0.4, 0.5) is 13.2 Å². The van der Waals surface area contributed by atoms with Gasteiger partial charge in [0.2, 0.25) is 0 Å². The van der Waals surface area contributed by atoms with E-state index >= 15 is 0 Å². The largest absolute Gasteiger partial charge is 0.417 e. The molecule has 0 aromatic heterocycles. The van der Waals surface area contributed by atoms with Crippen molar-refractivity contribution >= 4 is 11.5 Å². The molecule has 0 bridgehead atoms. The van der Waals surface area contributed by atoms with E-state index < -0.39 is 17.7 Å². The molecule has 2 nitrogen and oxygen atoms in total. The van der Waals surface area contributed by atoms with Crippen molar-refractivity contribution in [3.8, 4) is 0 Å². The van der Waals surface area contributed by atoms with E-state index in [4.69, 9.17) is 0 Å². The first-order valence-electron chi connectivity index (χ1n) is 6.10. The van der Waals surface area contributed by atoms with E-state index in [9.17, 15) is 18.0 Å². The van der Waals surface area contributed by atoms with Crippen LogP contribution in [0, 0.1) is 6.92 Å². The maximum Gasteiger partial charge on any atom is 0.417 e. The molecular weight excluding hydrogens is 267 g/mol. The van der Waals surface area contributed by atoms with Crippen LogP contribution in [-0.4, -0.2) is 30.7 Å². The lowest BCUT2D eigenvalue weighted by Crippen LogP contribution is -2.43. The van der Waals surface area contributed by atoms with E-state index in [2.05, 4.69) is 0 Å². The van der Waals surface area contributed by atoms with Gasteiger partial charge in [0.05, 0.1) is 25.2 Å². The first kappa shape index (κ1) is 14.5. The van der Waals surface area contributed by atoms with E-state index in [0.29, 0.717) is 11.1 Å². The third-order valence-electron chi connectivity index (χ3n) is 3.34. The molecule has 0 N–H and O–H groups in total. The summed E-state index contributed by atoms with van der Waals surface area (Å²) in [5.41, 5.74) is -0.161. The second-order valence-corrected chi connectivity index (χ2v) is 5.26. The van der Waals surface area contributed by atoms with Crippen LogP contribution >= 0.6 is 0 Å². The van der Waals surface area contributed by atoms with Gasteiger partial charge in [-0.25, -0.2) is 9.28 Å². The van der Waals surface area contributed by atoms with Crippen LogP contribution in [0.5, 0.6) is 0 Å². The van der Waals surface area contributed by atoms with Crippen molar-refractivity contribution in [3.63, 3.8) is 0 Å². The Bertz CT molecular complexity index is 624. The monoisotopic (exact) mass is 282 g/mol. The highest BCUT2D eigenvalue weighted by Crippen LogP contribution is 2.38. The Morgan fingerprint density at radius 1 is 1.10 bits per heavy atom. The van der Waals surface area contributed by atoms with Crippen molar-refractivity contribution < 1.29 is 22.4 Å². The van der Waals surface area contributed by atoms with E-state index in [1.807, 2.05) is 0 Å². The summed E-state index contributed by atoms with van der Waals surface area (Å²) in [6.07, 6.45) is -2.31. The number of carbonyl (C=O) groups is 1. The number of likely N-dealkylation sites (N-methyl/N-ethyl adjacent to an activating group) is 1. The molecule has 1 aromatic rings. The average molecular weight is 282 g/mol. The maximum absolute atomic E-state index is 13.2. The number of hydrogen-bond acceptors (Lipinski definition) is 1. The van der Waals surface area contributed by atoms with E-state index in [1.54, 1.807) is 45.3 Å². The Hall–Kier alpha value is -1.88. The number of halogens is 3. The van der Waals surface area contributed by atoms with Crippen molar-refractivity contribution in [2.75, 3.05) is 14.1 Å². The summed E-state index contributed by atoms with van der Waals surface area (Å²) in [7, 11) is 3.12. The number of benzene rings is 1. The Balaban J connectivity index is 2.76. The lowest BCUT2D eigenvalue weighted by molar-refractivity contribution is -0.755. The molecular formula is C15H15F3NO+. The highest BCUT2D eigenvalue weighted by atomic mass is 19.4. The molecule has 0 saturated heterocycles. The summed E-state index contributed by atoms with van der Waals surface area (Å²) < 4.78 is 39.3. The SMILES string of the molecule is Cc1ccccc1C1=C(C(F)(F)F)C=C[N+](C)(C)C1=O. The number of aryl methyl sites for hydroxylation is 1. The summed E-state index contributed by atoms with van der Waals surface area (Å²) in [4.78, 5) is 12.4. The van der Waals surface area contributed by atoms with Gasteiger partial charge in [0.25, 0.3) is 0 Å². The van der Waals surface area contributed by atoms with Gasteiger partial charge in [0.15, 0.2) is 0 Å². The van der Waals surface area contributed by atoms with Crippen LogP contribution in [0.2, 0.25) is 0 Å². The minimum absolute atomic E-state index is 0.233. The van der Waals surface area contributed by atoms with Gasteiger partial charge in [-0.05, 0) is 18.1 Å². The highest BCUT2D eigenvalue weighted by Gasteiger charge is 2.44. The number of nitrogens with zero attached hydrogens (tertiary/aromatic N) is 1. The second kappa shape index (κ2) is 4.59. The summed E-state index contributed by atoms with van der Waals surface area (Å²) in [5, 5.41) is 0. The van der Waals surface area contributed by atoms with E-state index in [0.717, 1.165) is 6.08 Å². The van der Waals surface area contributed by atoms with Crippen LogP contribution in [0.15, 0.2) is 42.1 Å². The third-order valence-corrected chi connectivity index (χ3v) is 3.34. The molecule has 20 heavy (non-hydrogen) atoms. The van der Waals surface area contributed by atoms with E-state index in [1.165, 1.54) is 6.20 Å². The third kappa shape index (κ3) is 2.41. The van der Waals surface area contributed by atoms with Crippen LogP contribution in [0.3, 0.4) is 0 Å². The van der Waals surface area contributed by atoms with Crippen molar-refractivity contribution in [3.05, 3.63) is 53.2 Å². The molecule has 0 aliphatic carbocycles. The van der Waals surface area contributed by atoms with Gasteiger partial charge in [0, 0.05) is 6.08 Å². The van der Waals surface area contributed by atoms with Crippen molar-refractivity contribution in [2.45, 2.75) is 13.1 Å². The molecule has 0 fully saturated rings. The standard InChI is InChI=1S/C15H15F3NO/c1-10-6-4-5-7-11(10)13-12(15(16,17)18)8-9-19(2,3)14(13)20/h4-9H,1-3H3/q+1. The zero-order valence-corrected chi connectivity index (χ0v) is 11.5. The Morgan fingerprint density at radius 3 is 2.25 bits per heavy atom. The molecule has 1 heterocycles. The smallest absolute Gasteiger partial charge is 0.235 e. The number of allylic oxidation sites excluding steroid dienone is 2. The number of carbonyl (C=O) groups excluding carboxylic acids is 1. The molecule has 0 unspecified atom stereocenters. The van der Waals surface area contributed by atoms with Crippen LogP contribution in [0.25, 0.3) is 5.57 Å². The fourth-order valence-electron chi connectivity index (χ4n) is 2.17. The van der Waals surface area contributed by atoms with Gasteiger partial charge in [-0.3, -0.25) is 0 Å². The molecule has 5 heteroatoms. The zero-order valence-electron chi connectivity index (χ0n) is 11.5. The Labute approximate surface area is 115 Å². The number of rotatable bonds is 1. The fraction of sp³-hybridized carbons (Fsp3) is 0.267. The molecule has 0 saturated carbocycles. The average Bonchev–Trinajstić information content (AvgIpc) is 2.32. The predicted octanol–water partition coefficient (Wildman–Crippen LogP) is 3.44. The minimum Gasteiger partial charge on any atom is -0.235 e. The quantitative estimate of drug-likeness (QED) is 0.721. The second-order valence-electron chi connectivity index (χ2n) is 5.26. The number of quaternary nitrogens is 1. The zero-order chi connectivity index (χ0) is 15.1. The fourth-order valence-corrected chi connectivity index (χ4v) is 2.17.